The van der Waals surface area contributed by atoms with Crippen LogP contribution in [0.5, 0.6) is 11.5 Å². The van der Waals surface area contributed by atoms with E-state index in [0.29, 0.717) is 11.4 Å². The summed E-state index contributed by atoms with van der Waals surface area (Å²) < 4.78 is 37.8. The molecule has 2 aromatic rings. The van der Waals surface area contributed by atoms with Crippen molar-refractivity contribution in [2.75, 3.05) is 18.9 Å². The zero-order chi connectivity index (χ0) is 16.9. The molecule has 0 unspecified atom stereocenters. The first-order chi connectivity index (χ1) is 11.0. The van der Waals surface area contributed by atoms with Crippen molar-refractivity contribution >= 4 is 15.7 Å². The van der Waals surface area contributed by atoms with Crippen LogP contribution in [0.4, 0.5) is 5.69 Å². The highest BCUT2D eigenvalue weighted by atomic mass is 32.2. The van der Waals surface area contributed by atoms with Crippen molar-refractivity contribution in [3.63, 3.8) is 0 Å². The molecule has 2 rings (SSSR count). The fraction of sp³-hybridized carbons (Fsp3) is 0.188. The van der Waals surface area contributed by atoms with E-state index >= 15 is 0 Å². The lowest BCUT2D eigenvalue weighted by atomic mass is 10.1. The summed E-state index contributed by atoms with van der Waals surface area (Å²) in [7, 11) is -0.976. The molecular weight excluding hydrogens is 316 g/mol. The minimum Gasteiger partial charge on any atom is -0.497 e. The molecule has 1 N–H and O–H groups in total. The van der Waals surface area contributed by atoms with Crippen LogP contribution in [-0.4, -0.2) is 22.6 Å². The second kappa shape index (κ2) is 7.03. The number of ether oxygens (including phenoxy) is 2. The van der Waals surface area contributed by atoms with E-state index < -0.39 is 10.0 Å². The summed E-state index contributed by atoms with van der Waals surface area (Å²) in [6.45, 7) is 0. The fourth-order valence-corrected chi connectivity index (χ4v) is 3.23. The molecule has 0 atom stereocenters. The SMILES string of the molecule is COc1ccc(OC)c(S(=O)(=O)Nc2ccc(CC#N)cc2)c1. The Balaban J connectivity index is 2.33. The van der Waals surface area contributed by atoms with Gasteiger partial charge in [-0.15, -0.1) is 0 Å². The zero-order valence-corrected chi connectivity index (χ0v) is 13.6. The molecule has 0 bridgehead atoms. The predicted molar refractivity (Wildman–Crippen MR) is 86.1 cm³/mol. The number of hydrogen-bond acceptors (Lipinski definition) is 5. The molecule has 7 heteroatoms. The maximum atomic E-state index is 12.6. The van der Waals surface area contributed by atoms with Crippen LogP contribution in [0.25, 0.3) is 0 Å². The summed E-state index contributed by atoms with van der Waals surface area (Å²) in [4.78, 5) is -0.0135. The molecule has 0 spiro atoms. The number of rotatable bonds is 6. The van der Waals surface area contributed by atoms with Gasteiger partial charge in [-0.2, -0.15) is 5.26 Å². The lowest BCUT2D eigenvalue weighted by molar-refractivity contribution is 0.392. The number of anilines is 1. The second-order valence-electron chi connectivity index (χ2n) is 4.65. The van der Waals surface area contributed by atoms with Gasteiger partial charge >= 0.3 is 0 Å². The summed E-state index contributed by atoms with van der Waals surface area (Å²) in [6, 6.07) is 13.2. The van der Waals surface area contributed by atoms with Crippen LogP contribution in [0.3, 0.4) is 0 Å². The Morgan fingerprint density at radius 2 is 1.78 bits per heavy atom. The molecule has 0 saturated carbocycles. The van der Waals surface area contributed by atoms with Gasteiger partial charge in [0.15, 0.2) is 0 Å². The lowest BCUT2D eigenvalue weighted by Gasteiger charge is -2.13. The first-order valence-corrected chi connectivity index (χ1v) is 8.19. The van der Waals surface area contributed by atoms with E-state index in [1.807, 2.05) is 6.07 Å². The molecule has 2 aromatic carbocycles. The maximum absolute atomic E-state index is 12.6. The molecule has 0 aliphatic carbocycles. The summed E-state index contributed by atoms with van der Waals surface area (Å²) >= 11 is 0. The molecule has 0 aliphatic rings. The Bertz CT molecular complexity index is 824. The monoisotopic (exact) mass is 332 g/mol. The van der Waals surface area contributed by atoms with E-state index in [9.17, 15) is 8.42 Å². The van der Waals surface area contributed by atoms with Gasteiger partial charge in [-0.1, -0.05) is 12.1 Å². The smallest absolute Gasteiger partial charge is 0.265 e. The van der Waals surface area contributed by atoms with Gasteiger partial charge in [0, 0.05) is 11.8 Å². The molecule has 23 heavy (non-hydrogen) atoms. The minimum absolute atomic E-state index is 0.0135. The number of hydrogen-bond donors (Lipinski definition) is 1. The van der Waals surface area contributed by atoms with Crippen molar-refractivity contribution in [1.82, 2.24) is 0 Å². The topological polar surface area (TPSA) is 88.4 Å². The first-order valence-electron chi connectivity index (χ1n) is 6.71. The highest BCUT2D eigenvalue weighted by molar-refractivity contribution is 7.92. The number of nitrogens with zero attached hydrogens (tertiary/aromatic N) is 1. The second-order valence-corrected chi connectivity index (χ2v) is 6.30. The van der Waals surface area contributed by atoms with Crippen LogP contribution < -0.4 is 14.2 Å². The standard InChI is InChI=1S/C16H16N2O4S/c1-21-14-7-8-15(22-2)16(11-14)23(19,20)18-13-5-3-12(4-6-13)9-10-17/h3-8,11,18H,9H2,1-2H3. The average Bonchev–Trinajstić information content (AvgIpc) is 2.56. The first kappa shape index (κ1) is 16.6. The predicted octanol–water partition coefficient (Wildman–Crippen LogP) is 2.57. The third-order valence-corrected chi connectivity index (χ3v) is 4.55. The van der Waals surface area contributed by atoms with Crippen molar-refractivity contribution in [1.29, 1.82) is 5.26 Å². The molecule has 0 heterocycles. The molecule has 0 amide bonds. The van der Waals surface area contributed by atoms with Crippen molar-refractivity contribution in [2.45, 2.75) is 11.3 Å². The quantitative estimate of drug-likeness (QED) is 0.878. The summed E-state index contributed by atoms with van der Waals surface area (Å²) in [5.74, 6) is 0.634. The minimum atomic E-state index is -3.83. The molecule has 0 aromatic heterocycles. The number of sulfonamides is 1. The average molecular weight is 332 g/mol. The Hall–Kier alpha value is -2.72. The van der Waals surface area contributed by atoms with Crippen molar-refractivity contribution in [3.8, 4) is 17.6 Å². The van der Waals surface area contributed by atoms with E-state index in [2.05, 4.69) is 4.72 Å². The van der Waals surface area contributed by atoms with E-state index in [4.69, 9.17) is 14.7 Å². The van der Waals surface area contributed by atoms with Crippen LogP contribution in [0.1, 0.15) is 5.56 Å². The molecule has 120 valence electrons. The molecule has 6 nitrogen and oxygen atoms in total. The zero-order valence-electron chi connectivity index (χ0n) is 12.7. The van der Waals surface area contributed by atoms with Gasteiger partial charge in [-0.3, -0.25) is 4.72 Å². The summed E-state index contributed by atoms with van der Waals surface area (Å²) in [5.41, 5.74) is 1.21. The Morgan fingerprint density at radius 1 is 1.09 bits per heavy atom. The number of nitrogens with one attached hydrogen (secondary N) is 1. The van der Waals surface area contributed by atoms with Crippen molar-refractivity contribution in [2.24, 2.45) is 0 Å². The van der Waals surface area contributed by atoms with Gasteiger partial charge < -0.3 is 9.47 Å². The third-order valence-electron chi connectivity index (χ3n) is 3.15. The highest BCUT2D eigenvalue weighted by Crippen LogP contribution is 2.29. The normalized spacial score (nSPS) is 10.7. The van der Waals surface area contributed by atoms with Crippen molar-refractivity contribution in [3.05, 3.63) is 48.0 Å². The lowest BCUT2D eigenvalue weighted by Crippen LogP contribution is -2.14. The van der Waals surface area contributed by atoms with Crippen molar-refractivity contribution < 1.29 is 17.9 Å². The van der Waals surface area contributed by atoms with Crippen LogP contribution in [-0.2, 0) is 16.4 Å². The number of methoxy groups -OCH3 is 2. The van der Waals surface area contributed by atoms with E-state index in [-0.39, 0.29) is 17.1 Å². The van der Waals surface area contributed by atoms with E-state index in [0.717, 1.165) is 5.56 Å². The van der Waals surface area contributed by atoms with E-state index in [1.165, 1.54) is 26.4 Å². The summed E-state index contributed by atoms with van der Waals surface area (Å²) in [5, 5.41) is 8.64. The molecule has 0 fully saturated rings. The van der Waals surface area contributed by atoms with Gasteiger partial charge in [0.2, 0.25) is 0 Å². The molecular formula is C16H16N2O4S. The number of nitriles is 1. The van der Waals surface area contributed by atoms with Gasteiger partial charge in [-0.05, 0) is 29.8 Å². The molecule has 0 radical (unpaired) electrons. The third kappa shape index (κ3) is 3.93. The fourth-order valence-electron chi connectivity index (χ4n) is 1.99. The van der Waals surface area contributed by atoms with Gasteiger partial charge in [0.05, 0.1) is 26.7 Å². The number of benzene rings is 2. The molecule has 0 aliphatic heterocycles. The maximum Gasteiger partial charge on any atom is 0.265 e. The molecule has 0 saturated heterocycles. The van der Waals surface area contributed by atoms with Crippen LogP contribution >= 0.6 is 0 Å². The van der Waals surface area contributed by atoms with Gasteiger partial charge in [0.1, 0.15) is 16.4 Å². The van der Waals surface area contributed by atoms with Gasteiger partial charge in [0.25, 0.3) is 10.0 Å². The summed E-state index contributed by atoms with van der Waals surface area (Å²) in [6.07, 6.45) is 0.275. The van der Waals surface area contributed by atoms with Crippen LogP contribution in [0, 0.1) is 11.3 Å². The Labute approximate surface area is 135 Å². The van der Waals surface area contributed by atoms with E-state index in [1.54, 1.807) is 30.3 Å². The van der Waals surface area contributed by atoms with Crippen LogP contribution in [0.2, 0.25) is 0 Å². The Kier molecular flexibility index (Phi) is 5.09. The highest BCUT2D eigenvalue weighted by Gasteiger charge is 2.20. The Morgan fingerprint density at radius 3 is 2.35 bits per heavy atom. The largest absolute Gasteiger partial charge is 0.497 e. The van der Waals surface area contributed by atoms with Gasteiger partial charge in [-0.25, -0.2) is 8.42 Å². The van der Waals surface area contributed by atoms with Crippen LogP contribution in [0.15, 0.2) is 47.4 Å².